The summed E-state index contributed by atoms with van der Waals surface area (Å²) in [6.07, 6.45) is 3.50. The fraction of sp³-hybridized carbons (Fsp3) is 0.818. The topological polar surface area (TPSA) is 91.0 Å². The van der Waals surface area contributed by atoms with Crippen LogP contribution in [0.15, 0.2) is 5.16 Å². The minimum Gasteiger partial charge on any atom is -0.409 e. The Morgan fingerprint density at radius 3 is 2.71 bits per heavy atom. The van der Waals surface area contributed by atoms with Crippen molar-refractivity contribution in [1.29, 1.82) is 0 Å². The maximum atomic E-state index is 11.8. The number of carbonyl (C=O) groups is 1. The molecule has 0 aromatic carbocycles. The predicted octanol–water partition coefficient (Wildman–Crippen LogP) is 0.114. The van der Waals surface area contributed by atoms with Gasteiger partial charge in [-0.15, -0.1) is 0 Å². The van der Waals surface area contributed by atoms with Crippen molar-refractivity contribution in [3.8, 4) is 0 Å². The lowest BCUT2D eigenvalue weighted by molar-refractivity contribution is -0.129. The fourth-order valence-corrected chi connectivity index (χ4v) is 1.96. The standard InChI is InChI=1S/C11H22N4O2/c1-2-9(7-10(12)14-17)13-8-11(16)15-5-3-4-6-15/h9,13,17H,2-8H2,1H3,(H2,12,14). The second-order valence-electron chi connectivity index (χ2n) is 4.37. The van der Waals surface area contributed by atoms with E-state index in [0.29, 0.717) is 13.0 Å². The first-order chi connectivity index (χ1) is 8.17. The first-order valence-corrected chi connectivity index (χ1v) is 6.15. The van der Waals surface area contributed by atoms with E-state index >= 15 is 0 Å². The molecule has 6 heteroatoms. The summed E-state index contributed by atoms with van der Waals surface area (Å²) in [5.41, 5.74) is 5.44. The molecule has 0 aliphatic carbocycles. The molecule has 0 radical (unpaired) electrons. The molecule has 0 aromatic heterocycles. The van der Waals surface area contributed by atoms with Crippen LogP contribution in [0.1, 0.15) is 32.6 Å². The van der Waals surface area contributed by atoms with Crippen LogP contribution in [0, 0.1) is 0 Å². The molecule has 17 heavy (non-hydrogen) atoms. The molecule has 0 saturated carbocycles. The third-order valence-corrected chi connectivity index (χ3v) is 3.08. The Kier molecular flexibility index (Phi) is 5.76. The van der Waals surface area contributed by atoms with Crippen LogP contribution in [0.2, 0.25) is 0 Å². The highest BCUT2D eigenvalue weighted by Gasteiger charge is 2.18. The highest BCUT2D eigenvalue weighted by Crippen LogP contribution is 2.07. The van der Waals surface area contributed by atoms with E-state index in [-0.39, 0.29) is 17.8 Å². The Morgan fingerprint density at radius 1 is 1.53 bits per heavy atom. The van der Waals surface area contributed by atoms with Crippen molar-refractivity contribution in [3.05, 3.63) is 0 Å². The van der Waals surface area contributed by atoms with Crippen LogP contribution in [-0.4, -0.2) is 47.5 Å². The normalized spacial score (nSPS) is 18.4. The zero-order chi connectivity index (χ0) is 12.7. The quantitative estimate of drug-likeness (QED) is 0.267. The third-order valence-electron chi connectivity index (χ3n) is 3.08. The lowest BCUT2D eigenvalue weighted by Crippen LogP contribution is -2.41. The van der Waals surface area contributed by atoms with Crippen LogP contribution >= 0.6 is 0 Å². The molecule has 1 atom stereocenters. The number of carbonyl (C=O) groups excluding carboxylic acids is 1. The fourth-order valence-electron chi connectivity index (χ4n) is 1.96. The lowest BCUT2D eigenvalue weighted by Gasteiger charge is -2.19. The zero-order valence-corrected chi connectivity index (χ0v) is 10.4. The summed E-state index contributed by atoms with van der Waals surface area (Å²) in [6, 6.07) is 0.0810. The van der Waals surface area contributed by atoms with Gasteiger partial charge in [-0.25, -0.2) is 0 Å². The molecule has 1 unspecified atom stereocenters. The number of oxime groups is 1. The molecule has 1 amide bonds. The lowest BCUT2D eigenvalue weighted by atomic mass is 10.1. The molecule has 0 spiro atoms. The average Bonchev–Trinajstić information content (AvgIpc) is 2.87. The van der Waals surface area contributed by atoms with E-state index in [0.717, 1.165) is 32.4 Å². The zero-order valence-electron chi connectivity index (χ0n) is 10.4. The van der Waals surface area contributed by atoms with Gasteiger partial charge in [-0.2, -0.15) is 0 Å². The van der Waals surface area contributed by atoms with Crippen LogP contribution in [0.4, 0.5) is 0 Å². The highest BCUT2D eigenvalue weighted by atomic mass is 16.4. The van der Waals surface area contributed by atoms with Gasteiger partial charge in [0.1, 0.15) is 5.84 Å². The molecule has 6 nitrogen and oxygen atoms in total. The number of amides is 1. The summed E-state index contributed by atoms with van der Waals surface area (Å²) in [4.78, 5) is 13.7. The maximum Gasteiger partial charge on any atom is 0.236 e. The second-order valence-corrected chi connectivity index (χ2v) is 4.37. The Morgan fingerprint density at radius 2 is 2.18 bits per heavy atom. The van der Waals surface area contributed by atoms with E-state index in [2.05, 4.69) is 10.5 Å². The highest BCUT2D eigenvalue weighted by molar-refractivity contribution is 5.81. The maximum absolute atomic E-state index is 11.8. The van der Waals surface area contributed by atoms with Gasteiger partial charge < -0.3 is 21.2 Å². The molecule has 0 bridgehead atoms. The third kappa shape index (κ3) is 4.60. The van der Waals surface area contributed by atoms with Crippen LogP contribution in [0.25, 0.3) is 0 Å². The Labute approximate surface area is 102 Å². The van der Waals surface area contributed by atoms with Crippen LogP contribution in [-0.2, 0) is 4.79 Å². The second kappa shape index (κ2) is 7.11. The van der Waals surface area contributed by atoms with Crippen molar-refractivity contribution in [2.75, 3.05) is 19.6 Å². The van der Waals surface area contributed by atoms with Gasteiger partial charge in [0, 0.05) is 25.6 Å². The van der Waals surface area contributed by atoms with Crippen molar-refractivity contribution < 1.29 is 10.0 Å². The number of hydrogen-bond donors (Lipinski definition) is 3. The first kappa shape index (κ1) is 13.8. The molecule has 0 aromatic rings. The summed E-state index contributed by atoms with van der Waals surface area (Å²) >= 11 is 0. The Bertz CT molecular complexity index is 275. The van der Waals surface area contributed by atoms with E-state index in [4.69, 9.17) is 10.9 Å². The number of hydrogen-bond acceptors (Lipinski definition) is 4. The summed E-state index contributed by atoms with van der Waals surface area (Å²) in [7, 11) is 0. The molecule has 98 valence electrons. The van der Waals surface area contributed by atoms with E-state index in [9.17, 15) is 4.79 Å². The van der Waals surface area contributed by atoms with Gasteiger partial charge >= 0.3 is 0 Å². The Balaban J connectivity index is 2.29. The molecule has 1 rings (SSSR count). The van der Waals surface area contributed by atoms with Crippen molar-refractivity contribution in [3.63, 3.8) is 0 Å². The molecule has 1 saturated heterocycles. The molecule has 4 N–H and O–H groups in total. The number of nitrogens with one attached hydrogen (secondary N) is 1. The number of amidine groups is 1. The molecular weight excluding hydrogens is 220 g/mol. The SMILES string of the molecule is CCC(CC(N)=NO)NCC(=O)N1CCCC1. The van der Waals surface area contributed by atoms with Gasteiger partial charge in [-0.1, -0.05) is 12.1 Å². The molecular formula is C11H22N4O2. The number of nitrogens with zero attached hydrogens (tertiary/aromatic N) is 2. The van der Waals surface area contributed by atoms with Crippen molar-refractivity contribution in [1.82, 2.24) is 10.2 Å². The van der Waals surface area contributed by atoms with Crippen molar-refractivity contribution in [2.24, 2.45) is 10.9 Å². The smallest absolute Gasteiger partial charge is 0.236 e. The van der Waals surface area contributed by atoms with Gasteiger partial charge in [0.25, 0.3) is 0 Å². The summed E-state index contributed by atoms with van der Waals surface area (Å²) in [6.45, 7) is 4.08. The van der Waals surface area contributed by atoms with Crippen molar-refractivity contribution >= 4 is 11.7 Å². The van der Waals surface area contributed by atoms with Crippen LogP contribution in [0.3, 0.4) is 0 Å². The van der Waals surface area contributed by atoms with Crippen LogP contribution < -0.4 is 11.1 Å². The predicted molar refractivity (Wildman–Crippen MR) is 65.9 cm³/mol. The average molecular weight is 242 g/mol. The van der Waals surface area contributed by atoms with Crippen molar-refractivity contribution in [2.45, 2.75) is 38.6 Å². The Hall–Kier alpha value is -1.30. The van der Waals surface area contributed by atoms with Gasteiger partial charge in [0.15, 0.2) is 0 Å². The van der Waals surface area contributed by atoms with E-state index in [1.807, 2.05) is 11.8 Å². The molecule has 1 heterocycles. The van der Waals surface area contributed by atoms with Gasteiger partial charge in [0.2, 0.25) is 5.91 Å². The summed E-state index contributed by atoms with van der Waals surface area (Å²) in [5.74, 6) is 0.332. The molecule has 1 fully saturated rings. The summed E-state index contributed by atoms with van der Waals surface area (Å²) in [5, 5.41) is 14.6. The summed E-state index contributed by atoms with van der Waals surface area (Å²) < 4.78 is 0. The van der Waals surface area contributed by atoms with Gasteiger partial charge in [0.05, 0.1) is 6.54 Å². The first-order valence-electron chi connectivity index (χ1n) is 6.15. The minimum absolute atomic E-state index is 0.0810. The van der Waals surface area contributed by atoms with E-state index < -0.39 is 0 Å². The number of nitrogens with two attached hydrogens (primary N) is 1. The molecule has 1 aliphatic rings. The van der Waals surface area contributed by atoms with Crippen LogP contribution in [0.5, 0.6) is 0 Å². The van der Waals surface area contributed by atoms with Gasteiger partial charge in [-0.3, -0.25) is 4.79 Å². The number of rotatable bonds is 6. The minimum atomic E-state index is 0.0810. The van der Waals surface area contributed by atoms with E-state index in [1.165, 1.54) is 0 Å². The largest absolute Gasteiger partial charge is 0.409 e. The molecule has 1 aliphatic heterocycles. The van der Waals surface area contributed by atoms with E-state index in [1.54, 1.807) is 0 Å². The number of likely N-dealkylation sites (tertiary alicyclic amines) is 1. The van der Waals surface area contributed by atoms with Gasteiger partial charge in [-0.05, 0) is 19.3 Å². The monoisotopic (exact) mass is 242 g/mol.